The van der Waals surface area contributed by atoms with E-state index in [2.05, 4.69) is 34.5 Å². The minimum Gasteiger partial charge on any atom is -0.375 e. The number of morpholine rings is 1. The number of nitrogens with one attached hydrogen (secondary N) is 1. The van der Waals surface area contributed by atoms with Gasteiger partial charge in [0.05, 0.1) is 12.7 Å². The van der Waals surface area contributed by atoms with Crippen molar-refractivity contribution in [3.05, 3.63) is 35.4 Å². The molecule has 1 aromatic carbocycles. The molecule has 1 aromatic rings. The zero-order valence-electron chi connectivity index (χ0n) is 11.8. The van der Waals surface area contributed by atoms with Crippen LogP contribution in [0.25, 0.3) is 0 Å². The molecule has 3 nitrogen and oxygen atoms in total. The van der Waals surface area contributed by atoms with Crippen LogP contribution in [0.1, 0.15) is 30.4 Å². The molecule has 0 bridgehead atoms. The van der Waals surface area contributed by atoms with E-state index in [0.29, 0.717) is 12.1 Å². The van der Waals surface area contributed by atoms with Gasteiger partial charge in [0.15, 0.2) is 0 Å². The first kappa shape index (κ1) is 13.1. The molecule has 0 spiro atoms. The van der Waals surface area contributed by atoms with E-state index in [4.69, 9.17) is 4.74 Å². The van der Waals surface area contributed by atoms with Gasteiger partial charge in [0.25, 0.3) is 0 Å². The maximum absolute atomic E-state index is 5.89. The summed E-state index contributed by atoms with van der Waals surface area (Å²) in [5.41, 5.74) is 2.88. The topological polar surface area (TPSA) is 24.5 Å². The van der Waals surface area contributed by atoms with Gasteiger partial charge in [0.1, 0.15) is 0 Å². The fourth-order valence-corrected chi connectivity index (χ4v) is 3.50. The van der Waals surface area contributed by atoms with Crippen LogP contribution in [-0.2, 0) is 17.8 Å². The Morgan fingerprint density at radius 2 is 2.11 bits per heavy atom. The van der Waals surface area contributed by atoms with E-state index in [0.717, 1.165) is 26.2 Å². The monoisotopic (exact) mass is 260 g/mol. The molecule has 1 aliphatic carbocycles. The summed E-state index contributed by atoms with van der Waals surface area (Å²) in [5, 5.41) is 3.26. The molecule has 1 saturated heterocycles. The van der Waals surface area contributed by atoms with Gasteiger partial charge in [-0.25, -0.2) is 0 Å². The molecule has 0 amide bonds. The number of fused-ring (bicyclic) bond motifs is 1. The van der Waals surface area contributed by atoms with Crippen molar-refractivity contribution < 1.29 is 4.74 Å². The minimum atomic E-state index is 0.491. The number of nitrogens with zero attached hydrogens (tertiary/aromatic N) is 1. The number of ether oxygens (including phenoxy) is 1. The van der Waals surface area contributed by atoms with Crippen LogP contribution in [0.2, 0.25) is 0 Å². The Balaban J connectivity index is 1.73. The highest BCUT2D eigenvalue weighted by Crippen LogP contribution is 2.30. The normalized spacial score (nSPS) is 27.4. The maximum Gasteiger partial charge on any atom is 0.0731 e. The lowest BCUT2D eigenvalue weighted by atomic mass is 10.0. The standard InChI is InChI=1S/C16H24N2O/c1-17-11-13-5-2-3-6-14(13)12-18-9-10-19-16-8-4-7-15(16)18/h2-3,5-6,15-17H,4,7-12H2,1H3. The van der Waals surface area contributed by atoms with Crippen LogP contribution in [0.5, 0.6) is 0 Å². The van der Waals surface area contributed by atoms with Gasteiger partial charge < -0.3 is 10.1 Å². The van der Waals surface area contributed by atoms with E-state index in [9.17, 15) is 0 Å². The van der Waals surface area contributed by atoms with E-state index in [1.54, 1.807) is 0 Å². The first-order valence-electron chi connectivity index (χ1n) is 7.45. The van der Waals surface area contributed by atoms with Gasteiger partial charge in [-0.15, -0.1) is 0 Å². The average Bonchev–Trinajstić information content (AvgIpc) is 2.91. The third-order valence-electron chi connectivity index (χ3n) is 4.46. The van der Waals surface area contributed by atoms with E-state index >= 15 is 0 Å². The molecule has 2 aliphatic rings. The van der Waals surface area contributed by atoms with Crippen LogP contribution >= 0.6 is 0 Å². The first-order chi connectivity index (χ1) is 9.38. The van der Waals surface area contributed by atoms with Crippen LogP contribution in [-0.4, -0.2) is 37.2 Å². The van der Waals surface area contributed by atoms with Crippen molar-refractivity contribution in [1.29, 1.82) is 0 Å². The van der Waals surface area contributed by atoms with Crippen molar-refractivity contribution in [2.45, 2.75) is 44.5 Å². The number of hydrogen-bond acceptors (Lipinski definition) is 3. The molecule has 3 rings (SSSR count). The van der Waals surface area contributed by atoms with Crippen LogP contribution in [0, 0.1) is 0 Å². The van der Waals surface area contributed by atoms with Gasteiger partial charge in [0.2, 0.25) is 0 Å². The average molecular weight is 260 g/mol. The molecule has 1 heterocycles. The Labute approximate surface area is 115 Å². The molecule has 1 N–H and O–H groups in total. The van der Waals surface area contributed by atoms with Gasteiger partial charge in [-0.2, -0.15) is 0 Å². The summed E-state index contributed by atoms with van der Waals surface area (Å²) in [4.78, 5) is 2.63. The summed E-state index contributed by atoms with van der Waals surface area (Å²) in [5.74, 6) is 0. The van der Waals surface area contributed by atoms with E-state index < -0.39 is 0 Å². The highest BCUT2D eigenvalue weighted by atomic mass is 16.5. The largest absolute Gasteiger partial charge is 0.375 e. The zero-order valence-corrected chi connectivity index (χ0v) is 11.8. The quantitative estimate of drug-likeness (QED) is 0.898. The smallest absolute Gasteiger partial charge is 0.0731 e. The lowest BCUT2D eigenvalue weighted by Crippen LogP contribution is -2.48. The predicted molar refractivity (Wildman–Crippen MR) is 77.0 cm³/mol. The second kappa shape index (κ2) is 6.04. The molecule has 2 fully saturated rings. The molecule has 2 unspecified atom stereocenters. The molecule has 1 aliphatic heterocycles. The molecule has 19 heavy (non-hydrogen) atoms. The fraction of sp³-hybridized carbons (Fsp3) is 0.625. The van der Waals surface area contributed by atoms with Gasteiger partial charge >= 0.3 is 0 Å². The minimum absolute atomic E-state index is 0.491. The lowest BCUT2D eigenvalue weighted by molar-refractivity contribution is -0.0589. The highest BCUT2D eigenvalue weighted by Gasteiger charge is 2.35. The lowest BCUT2D eigenvalue weighted by Gasteiger charge is -2.38. The van der Waals surface area contributed by atoms with Crippen molar-refractivity contribution in [3.8, 4) is 0 Å². The van der Waals surface area contributed by atoms with Crippen molar-refractivity contribution >= 4 is 0 Å². The maximum atomic E-state index is 5.89. The summed E-state index contributed by atoms with van der Waals surface area (Å²) >= 11 is 0. The molecule has 3 heteroatoms. The SMILES string of the molecule is CNCc1ccccc1CN1CCOC2CCCC21. The van der Waals surface area contributed by atoms with Crippen LogP contribution in [0.15, 0.2) is 24.3 Å². The number of hydrogen-bond donors (Lipinski definition) is 1. The Bertz CT molecular complexity index is 421. The van der Waals surface area contributed by atoms with Gasteiger partial charge in [0, 0.05) is 25.7 Å². The summed E-state index contributed by atoms with van der Waals surface area (Å²) < 4.78 is 5.89. The van der Waals surface area contributed by atoms with Crippen molar-refractivity contribution in [3.63, 3.8) is 0 Å². The Morgan fingerprint density at radius 1 is 1.26 bits per heavy atom. The van der Waals surface area contributed by atoms with Crippen LogP contribution in [0.4, 0.5) is 0 Å². The molecule has 0 radical (unpaired) electrons. The molecule has 1 saturated carbocycles. The van der Waals surface area contributed by atoms with Crippen molar-refractivity contribution in [2.24, 2.45) is 0 Å². The van der Waals surface area contributed by atoms with E-state index in [-0.39, 0.29) is 0 Å². The Kier molecular flexibility index (Phi) is 4.16. The fourth-order valence-electron chi connectivity index (χ4n) is 3.50. The summed E-state index contributed by atoms with van der Waals surface area (Å²) in [6.45, 7) is 4.00. The van der Waals surface area contributed by atoms with Gasteiger partial charge in [-0.3, -0.25) is 4.90 Å². The number of rotatable bonds is 4. The molecule has 104 valence electrons. The Morgan fingerprint density at radius 3 is 2.95 bits per heavy atom. The second-order valence-electron chi connectivity index (χ2n) is 5.68. The van der Waals surface area contributed by atoms with Crippen molar-refractivity contribution in [1.82, 2.24) is 10.2 Å². The summed E-state index contributed by atoms with van der Waals surface area (Å²) in [6, 6.07) is 9.44. The summed E-state index contributed by atoms with van der Waals surface area (Å²) in [7, 11) is 2.01. The molecular weight excluding hydrogens is 236 g/mol. The number of benzene rings is 1. The first-order valence-corrected chi connectivity index (χ1v) is 7.45. The Hall–Kier alpha value is -0.900. The molecule has 0 aromatic heterocycles. The van der Waals surface area contributed by atoms with E-state index in [1.165, 1.54) is 30.4 Å². The highest BCUT2D eigenvalue weighted by molar-refractivity contribution is 5.27. The molecular formula is C16H24N2O. The summed E-state index contributed by atoms with van der Waals surface area (Å²) in [6.07, 6.45) is 4.37. The van der Waals surface area contributed by atoms with Gasteiger partial charge in [-0.1, -0.05) is 24.3 Å². The van der Waals surface area contributed by atoms with Crippen LogP contribution < -0.4 is 5.32 Å². The molecule has 2 atom stereocenters. The van der Waals surface area contributed by atoms with E-state index in [1.807, 2.05) is 7.05 Å². The predicted octanol–water partition coefficient (Wildman–Crippen LogP) is 2.16. The third kappa shape index (κ3) is 2.83. The third-order valence-corrected chi connectivity index (χ3v) is 4.46. The van der Waals surface area contributed by atoms with Crippen molar-refractivity contribution in [2.75, 3.05) is 20.2 Å². The van der Waals surface area contributed by atoms with Crippen LogP contribution in [0.3, 0.4) is 0 Å². The zero-order chi connectivity index (χ0) is 13.1. The van der Waals surface area contributed by atoms with Gasteiger partial charge in [-0.05, 0) is 37.4 Å². The second-order valence-corrected chi connectivity index (χ2v) is 5.68.